The number of H-pyrrole nitrogens is 1. The summed E-state index contributed by atoms with van der Waals surface area (Å²) in [6, 6.07) is 0. The van der Waals surface area contributed by atoms with Gasteiger partial charge in [0.15, 0.2) is 0 Å². The Morgan fingerprint density at radius 3 is 1.71 bits per heavy atom. The van der Waals surface area contributed by atoms with E-state index < -0.39 is 0 Å². The van der Waals surface area contributed by atoms with Crippen LogP contribution >= 0.6 is 0 Å². The zero-order valence-electron chi connectivity index (χ0n) is 2.85. The Hall–Kier alpha value is -0.341. The molecule has 1 radical (unpaired) electrons. The third kappa shape index (κ3) is 3.49. The Balaban J connectivity index is 0. The van der Waals surface area contributed by atoms with Gasteiger partial charge in [0, 0.05) is 17.1 Å². The fourth-order valence-corrected chi connectivity index (χ4v) is 0.167. The molecule has 0 amide bonds. The third-order valence-corrected chi connectivity index (χ3v) is 0.331. The molecule has 0 bridgehead atoms. The van der Waals surface area contributed by atoms with Crippen molar-refractivity contribution in [3.63, 3.8) is 0 Å². The molecule has 0 aromatic carbocycles. The maximum atomic E-state index is 3.49. The molecule has 0 unspecified atom stereocenters. The van der Waals surface area contributed by atoms with Crippen LogP contribution < -0.4 is 0 Å². The molecule has 1 rings (SSSR count). The number of nitrogens with one attached hydrogen (secondary N) is 1. The van der Waals surface area contributed by atoms with Gasteiger partial charge >= 0.3 is 0 Å². The van der Waals surface area contributed by atoms with Crippen molar-refractivity contribution in [3.05, 3.63) is 12.4 Å². The first kappa shape index (κ1) is 9.82. The fourth-order valence-electron chi connectivity index (χ4n) is 0.167. The van der Waals surface area contributed by atoms with Crippen molar-refractivity contribution in [2.75, 3.05) is 0 Å². The van der Waals surface area contributed by atoms with Crippen LogP contribution in [0.3, 0.4) is 0 Å². The van der Waals surface area contributed by atoms with Crippen molar-refractivity contribution in [2.24, 2.45) is 0 Å². The average Bonchev–Trinajstić information content (AvgIpc) is 1.76. The van der Waals surface area contributed by atoms with Gasteiger partial charge < -0.3 is 0 Å². The van der Waals surface area contributed by atoms with Crippen molar-refractivity contribution < 1.29 is 17.1 Å². The minimum atomic E-state index is 0. The summed E-state index contributed by atoms with van der Waals surface area (Å²) in [4.78, 5) is 0. The minimum absolute atomic E-state index is 0. The molecule has 3 nitrogen and oxygen atoms in total. The van der Waals surface area contributed by atoms with Gasteiger partial charge in [-0.3, -0.25) is 0 Å². The molecule has 0 aliphatic heterocycles. The van der Waals surface area contributed by atoms with E-state index in [4.69, 9.17) is 0 Å². The topological polar surface area (TPSA) is 41.6 Å². The van der Waals surface area contributed by atoms with Gasteiger partial charge in [-0.2, -0.15) is 15.4 Å². The Morgan fingerprint density at radius 2 is 1.57 bits per heavy atom. The number of aromatic amines is 1. The standard InChI is InChI=1S/C2H3N3.CH4.Cu/c1-2-4-5-3-1;;/h1-2H,(H,3,4,5);1H4;. The zero-order valence-corrected chi connectivity index (χ0v) is 3.79. The van der Waals surface area contributed by atoms with Crippen LogP contribution in [0, 0.1) is 0 Å². The molecule has 0 saturated carbocycles. The molecule has 0 saturated heterocycles. The summed E-state index contributed by atoms with van der Waals surface area (Å²) in [6.07, 6.45) is 3.17. The van der Waals surface area contributed by atoms with E-state index in [9.17, 15) is 0 Å². The van der Waals surface area contributed by atoms with Crippen molar-refractivity contribution >= 4 is 0 Å². The van der Waals surface area contributed by atoms with E-state index in [1.807, 2.05) is 0 Å². The molecule has 0 spiro atoms. The van der Waals surface area contributed by atoms with Crippen molar-refractivity contribution in [3.8, 4) is 0 Å². The Morgan fingerprint density at radius 1 is 1.14 bits per heavy atom. The van der Waals surface area contributed by atoms with Gasteiger partial charge in [0.25, 0.3) is 0 Å². The van der Waals surface area contributed by atoms with Crippen LogP contribution in [-0.2, 0) is 17.1 Å². The van der Waals surface area contributed by atoms with Gasteiger partial charge in [0.2, 0.25) is 0 Å². The van der Waals surface area contributed by atoms with Crippen LogP contribution in [0.4, 0.5) is 0 Å². The molecule has 1 heterocycles. The van der Waals surface area contributed by atoms with E-state index >= 15 is 0 Å². The van der Waals surface area contributed by atoms with E-state index in [0.29, 0.717) is 0 Å². The molecule has 0 aliphatic carbocycles. The summed E-state index contributed by atoms with van der Waals surface area (Å²) in [5.74, 6) is 0. The first-order valence-electron chi connectivity index (χ1n) is 1.30. The zero-order chi connectivity index (χ0) is 3.54. The van der Waals surface area contributed by atoms with Gasteiger partial charge in [-0.1, -0.05) is 7.43 Å². The Labute approximate surface area is 53.0 Å². The molecular formula is C3H7CuN3. The van der Waals surface area contributed by atoms with E-state index in [1.165, 1.54) is 0 Å². The smallest absolute Gasteiger partial charge is 0.0690 e. The van der Waals surface area contributed by atoms with Crippen LogP contribution in [0.1, 0.15) is 7.43 Å². The summed E-state index contributed by atoms with van der Waals surface area (Å²) >= 11 is 0. The SMILES string of the molecule is C.[Cu].c1cn[nH]n1. The fraction of sp³-hybridized carbons (Fsp3) is 0.333. The van der Waals surface area contributed by atoms with Crippen LogP contribution in [0.5, 0.6) is 0 Å². The number of nitrogens with zero attached hydrogens (tertiary/aromatic N) is 2. The second-order valence-electron chi connectivity index (χ2n) is 0.656. The Bertz CT molecular complexity index is 66.7. The summed E-state index contributed by atoms with van der Waals surface area (Å²) in [7, 11) is 0. The number of aromatic nitrogens is 3. The molecule has 7 heavy (non-hydrogen) atoms. The van der Waals surface area contributed by atoms with Crippen LogP contribution in [0.25, 0.3) is 0 Å². The maximum absolute atomic E-state index is 3.49. The van der Waals surface area contributed by atoms with E-state index in [2.05, 4.69) is 15.4 Å². The maximum Gasteiger partial charge on any atom is 0.0690 e. The van der Waals surface area contributed by atoms with Crippen LogP contribution in [0.2, 0.25) is 0 Å². The predicted molar refractivity (Wildman–Crippen MR) is 23.1 cm³/mol. The number of rotatable bonds is 0. The van der Waals surface area contributed by atoms with Crippen molar-refractivity contribution in [2.45, 2.75) is 7.43 Å². The van der Waals surface area contributed by atoms with Gasteiger partial charge in [0.1, 0.15) is 0 Å². The van der Waals surface area contributed by atoms with E-state index in [0.717, 1.165) is 0 Å². The summed E-state index contributed by atoms with van der Waals surface area (Å²) in [6.45, 7) is 0. The average molecular weight is 149 g/mol. The Kier molecular flexibility index (Phi) is 7.94. The van der Waals surface area contributed by atoms with Gasteiger partial charge in [-0.05, 0) is 0 Å². The third-order valence-electron chi connectivity index (χ3n) is 0.331. The number of hydrogen-bond acceptors (Lipinski definition) is 2. The van der Waals surface area contributed by atoms with Crippen LogP contribution in [0.15, 0.2) is 12.4 Å². The van der Waals surface area contributed by atoms with Gasteiger partial charge in [-0.25, -0.2) is 0 Å². The summed E-state index contributed by atoms with van der Waals surface area (Å²) < 4.78 is 0. The largest absolute Gasteiger partial charge is 0.198 e. The van der Waals surface area contributed by atoms with Crippen LogP contribution in [-0.4, -0.2) is 15.4 Å². The molecular weight excluding hydrogens is 142 g/mol. The second kappa shape index (κ2) is 5.66. The van der Waals surface area contributed by atoms with Gasteiger partial charge in [-0.15, -0.1) is 0 Å². The van der Waals surface area contributed by atoms with Gasteiger partial charge in [0.05, 0.1) is 12.4 Å². The second-order valence-corrected chi connectivity index (χ2v) is 0.656. The first-order valence-corrected chi connectivity index (χ1v) is 1.30. The summed E-state index contributed by atoms with van der Waals surface area (Å²) in [5.41, 5.74) is 0. The normalized spacial score (nSPS) is 5.71. The molecule has 0 atom stereocenters. The van der Waals surface area contributed by atoms with Crippen molar-refractivity contribution in [1.29, 1.82) is 0 Å². The van der Waals surface area contributed by atoms with E-state index in [1.54, 1.807) is 12.4 Å². The quantitative estimate of drug-likeness (QED) is 0.543. The number of hydrogen-bond donors (Lipinski definition) is 1. The monoisotopic (exact) mass is 148 g/mol. The molecule has 1 aromatic heterocycles. The van der Waals surface area contributed by atoms with Crippen molar-refractivity contribution in [1.82, 2.24) is 15.4 Å². The molecule has 45 valence electrons. The predicted octanol–water partition coefficient (Wildman–Crippen LogP) is 0.438. The summed E-state index contributed by atoms with van der Waals surface area (Å²) in [5, 5.41) is 9.33. The van der Waals surface area contributed by atoms with E-state index in [-0.39, 0.29) is 24.5 Å². The minimum Gasteiger partial charge on any atom is -0.198 e. The first-order chi connectivity index (χ1) is 2.50. The molecule has 0 aliphatic rings. The molecule has 1 aromatic rings. The molecule has 4 heteroatoms. The molecule has 1 N–H and O–H groups in total. The molecule has 0 fully saturated rings.